The highest BCUT2D eigenvalue weighted by atomic mass is 19.1. The zero-order chi connectivity index (χ0) is 18.8. The van der Waals surface area contributed by atoms with Gasteiger partial charge >= 0.3 is 0 Å². The van der Waals surface area contributed by atoms with Gasteiger partial charge in [0.05, 0.1) is 12.6 Å². The number of benzene rings is 2. The van der Waals surface area contributed by atoms with Crippen LogP contribution in [0, 0.1) is 5.82 Å². The zero-order valence-corrected chi connectivity index (χ0v) is 15.5. The van der Waals surface area contributed by atoms with Crippen molar-refractivity contribution in [1.82, 2.24) is 10.2 Å². The molecule has 0 bridgehead atoms. The molecule has 0 aliphatic carbocycles. The molecule has 142 valence electrons. The molecule has 0 spiro atoms. The highest BCUT2D eigenvalue weighted by Crippen LogP contribution is 2.36. The summed E-state index contributed by atoms with van der Waals surface area (Å²) in [6.45, 7) is 4.00. The number of hydrogen-bond acceptors (Lipinski definition) is 3. The van der Waals surface area contributed by atoms with E-state index in [-0.39, 0.29) is 23.8 Å². The van der Waals surface area contributed by atoms with E-state index in [2.05, 4.69) is 24.4 Å². The maximum atomic E-state index is 13.5. The second-order valence-corrected chi connectivity index (χ2v) is 7.40. The number of nitrogens with zero attached hydrogens (tertiary/aromatic N) is 1. The second kappa shape index (κ2) is 7.79. The molecule has 5 heteroatoms. The molecule has 2 aliphatic rings. The smallest absolute Gasteiger partial charge is 0.252 e. The standard InChI is InChI=1S/C22H25FN2O2/c1-15-14-27-20(10-12-24-15)22(26)25-13-11-16-4-2-3-5-19(16)21(25)17-6-8-18(23)9-7-17/h2-9,15,20-21,24H,10-14H2,1H3/t15-,20+,21+/m1/s1. The minimum absolute atomic E-state index is 0.0229. The second-order valence-electron chi connectivity index (χ2n) is 7.40. The summed E-state index contributed by atoms with van der Waals surface area (Å²) in [6, 6.07) is 14.7. The van der Waals surface area contributed by atoms with Crippen LogP contribution in [0.1, 0.15) is 36.1 Å². The predicted molar refractivity (Wildman–Crippen MR) is 102 cm³/mol. The van der Waals surface area contributed by atoms with E-state index >= 15 is 0 Å². The van der Waals surface area contributed by atoms with Crippen molar-refractivity contribution in [1.29, 1.82) is 0 Å². The van der Waals surface area contributed by atoms with Gasteiger partial charge in [0.15, 0.2) is 0 Å². The maximum Gasteiger partial charge on any atom is 0.252 e. The fourth-order valence-corrected chi connectivity index (χ4v) is 4.05. The minimum Gasteiger partial charge on any atom is -0.367 e. The Labute approximate surface area is 159 Å². The molecule has 2 aromatic carbocycles. The average Bonchev–Trinajstić information content (AvgIpc) is 2.92. The van der Waals surface area contributed by atoms with Gasteiger partial charge in [-0.05, 0) is 55.1 Å². The molecule has 0 saturated carbocycles. The van der Waals surface area contributed by atoms with E-state index < -0.39 is 6.10 Å². The van der Waals surface area contributed by atoms with Crippen molar-refractivity contribution in [3.05, 3.63) is 71.0 Å². The Kier molecular flexibility index (Phi) is 5.23. The molecule has 0 unspecified atom stereocenters. The summed E-state index contributed by atoms with van der Waals surface area (Å²) in [4.78, 5) is 15.3. The number of fused-ring (bicyclic) bond motifs is 1. The van der Waals surface area contributed by atoms with Crippen molar-refractivity contribution in [3.63, 3.8) is 0 Å². The van der Waals surface area contributed by atoms with E-state index in [1.54, 1.807) is 12.1 Å². The molecule has 2 heterocycles. The predicted octanol–water partition coefficient (Wildman–Crippen LogP) is 3.07. The number of rotatable bonds is 2. The van der Waals surface area contributed by atoms with Crippen molar-refractivity contribution >= 4 is 5.91 Å². The maximum absolute atomic E-state index is 13.5. The number of halogens is 1. The van der Waals surface area contributed by atoms with E-state index in [1.807, 2.05) is 17.0 Å². The molecule has 4 rings (SSSR count). The van der Waals surface area contributed by atoms with Crippen LogP contribution in [0.15, 0.2) is 48.5 Å². The van der Waals surface area contributed by atoms with Crippen LogP contribution >= 0.6 is 0 Å². The van der Waals surface area contributed by atoms with Gasteiger partial charge in [-0.15, -0.1) is 0 Å². The van der Waals surface area contributed by atoms with Crippen LogP contribution < -0.4 is 5.32 Å². The summed E-state index contributed by atoms with van der Waals surface area (Å²) < 4.78 is 19.4. The summed E-state index contributed by atoms with van der Waals surface area (Å²) in [7, 11) is 0. The van der Waals surface area contributed by atoms with Crippen molar-refractivity contribution < 1.29 is 13.9 Å². The first-order chi connectivity index (χ1) is 13.1. The van der Waals surface area contributed by atoms with Crippen LogP contribution in [0.2, 0.25) is 0 Å². The lowest BCUT2D eigenvalue weighted by molar-refractivity contribution is -0.145. The van der Waals surface area contributed by atoms with Crippen LogP contribution in [-0.4, -0.2) is 42.6 Å². The van der Waals surface area contributed by atoms with E-state index in [0.29, 0.717) is 19.6 Å². The third-order valence-corrected chi connectivity index (χ3v) is 5.47. The largest absolute Gasteiger partial charge is 0.367 e. The van der Waals surface area contributed by atoms with Gasteiger partial charge in [0.1, 0.15) is 11.9 Å². The van der Waals surface area contributed by atoms with Crippen LogP contribution in [0.3, 0.4) is 0 Å². The first kappa shape index (κ1) is 18.1. The molecule has 2 aromatic rings. The molecule has 0 radical (unpaired) electrons. The number of carbonyl (C=O) groups is 1. The number of hydrogen-bond donors (Lipinski definition) is 1. The van der Waals surface area contributed by atoms with Gasteiger partial charge in [0.25, 0.3) is 5.91 Å². The van der Waals surface area contributed by atoms with Crippen LogP contribution in [0.4, 0.5) is 4.39 Å². The lowest BCUT2D eigenvalue weighted by atomic mass is 9.87. The molecular weight excluding hydrogens is 343 g/mol. The third kappa shape index (κ3) is 3.75. The SMILES string of the molecule is C[C@@H]1CO[C@H](C(=O)N2CCc3ccccc3[C@@H]2c2ccc(F)cc2)CCN1. The summed E-state index contributed by atoms with van der Waals surface area (Å²) in [5.41, 5.74) is 3.29. The van der Waals surface area contributed by atoms with Crippen molar-refractivity contribution in [3.8, 4) is 0 Å². The topological polar surface area (TPSA) is 41.6 Å². The molecule has 4 nitrogen and oxygen atoms in total. The molecular formula is C22H25FN2O2. The first-order valence-electron chi connectivity index (χ1n) is 9.62. The molecule has 1 saturated heterocycles. The number of ether oxygens (including phenoxy) is 1. The highest BCUT2D eigenvalue weighted by molar-refractivity contribution is 5.82. The summed E-state index contributed by atoms with van der Waals surface area (Å²) >= 11 is 0. The van der Waals surface area contributed by atoms with Gasteiger partial charge in [-0.3, -0.25) is 4.79 Å². The number of amides is 1. The van der Waals surface area contributed by atoms with E-state index in [1.165, 1.54) is 17.7 Å². The zero-order valence-electron chi connectivity index (χ0n) is 15.5. The van der Waals surface area contributed by atoms with Crippen molar-refractivity contribution in [2.24, 2.45) is 0 Å². The molecule has 0 aromatic heterocycles. The third-order valence-electron chi connectivity index (χ3n) is 5.47. The van der Waals surface area contributed by atoms with Crippen LogP contribution in [0.5, 0.6) is 0 Å². The number of carbonyl (C=O) groups excluding carboxylic acids is 1. The Balaban J connectivity index is 1.68. The van der Waals surface area contributed by atoms with E-state index in [0.717, 1.165) is 24.1 Å². The van der Waals surface area contributed by atoms with Gasteiger partial charge in [-0.1, -0.05) is 36.4 Å². The normalized spacial score (nSPS) is 25.6. The molecule has 1 N–H and O–H groups in total. The van der Waals surface area contributed by atoms with Gasteiger partial charge < -0.3 is 15.0 Å². The Morgan fingerprint density at radius 3 is 2.78 bits per heavy atom. The Bertz CT molecular complexity index is 808. The minimum atomic E-state index is -0.435. The molecule has 1 fully saturated rings. The van der Waals surface area contributed by atoms with E-state index in [9.17, 15) is 9.18 Å². The van der Waals surface area contributed by atoms with Crippen LogP contribution in [-0.2, 0) is 16.0 Å². The first-order valence-corrected chi connectivity index (χ1v) is 9.62. The van der Waals surface area contributed by atoms with Gasteiger partial charge in [-0.25, -0.2) is 4.39 Å². The van der Waals surface area contributed by atoms with Gasteiger partial charge in [0, 0.05) is 12.6 Å². The fourth-order valence-electron chi connectivity index (χ4n) is 4.05. The lowest BCUT2D eigenvalue weighted by Gasteiger charge is -2.39. The van der Waals surface area contributed by atoms with Gasteiger partial charge in [0.2, 0.25) is 0 Å². The summed E-state index contributed by atoms with van der Waals surface area (Å²) in [5, 5.41) is 3.36. The van der Waals surface area contributed by atoms with Crippen molar-refractivity contribution in [2.45, 2.75) is 38.0 Å². The molecule has 1 amide bonds. The fraction of sp³-hybridized carbons (Fsp3) is 0.409. The monoisotopic (exact) mass is 368 g/mol. The van der Waals surface area contributed by atoms with Crippen LogP contribution in [0.25, 0.3) is 0 Å². The van der Waals surface area contributed by atoms with Gasteiger partial charge in [-0.2, -0.15) is 0 Å². The highest BCUT2D eigenvalue weighted by Gasteiger charge is 2.36. The quantitative estimate of drug-likeness (QED) is 0.886. The Morgan fingerprint density at radius 1 is 1.19 bits per heavy atom. The summed E-state index contributed by atoms with van der Waals surface area (Å²) in [6.07, 6.45) is 1.05. The molecule has 27 heavy (non-hydrogen) atoms. The Morgan fingerprint density at radius 2 is 1.96 bits per heavy atom. The van der Waals surface area contributed by atoms with Crippen molar-refractivity contribution in [2.75, 3.05) is 19.7 Å². The molecule has 3 atom stereocenters. The Hall–Kier alpha value is -2.24. The summed E-state index contributed by atoms with van der Waals surface area (Å²) in [5.74, 6) is -0.248. The number of nitrogens with one attached hydrogen (secondary N) is 1. The lowest BCUT2D eigenvalue weighted by Crippen LogP contribution is -2.46. The average molecular weight is 368 g/mol. The molecule has 2 aliphatic heterocycles. The van der Waals surface area contributed by atoms with E-state index in [4.69, 9.17) is 4.74 Å².